The van der Waals surface area contributed by atoms with Gasteiger partial charge in [-0.25, -0.2) is 49.6 Å². The maximum atomic E-state index is 13.8. The monoisotopic (exact) mass is 732 g/mol. The molecule has 0 bridgehead atoms. The fourth-order valence-corrected chi connectivity index (χ4v) is 3.60. The van der Waals surface area contributed by atoms with Crippen LogP contribution in [-0.4, -0.2) is 72.0 Å². The number of benzene rings is 2. The van der Waals surface area contributed by atoms with Gasteiger partial charge in [-0.05, 0) is 11.1 Å². The van der Waals surface area contributed by atoms with Gasteiger partial charge in [0.1, 0.15) is 35.8 Å². The molecule has 0 atom stereocenters. The minimum Gasteiger partial charge on any atom is -0.459 e. The molecule has 4 rings (SSSR count). The Morgan fingerprint density at radius 2 is 0.882 bits per heavy atom. The number of hydrogen-bond acceptors (Lipinski definition) is 11. The minimum absolute atomic E-state index is 0.395. The summed E-state index contributed by atoms with van der Waals surface area (Å²) in [7, 11) is 0. The molecule has 266 valence electrons. The van der Waals surface area contributed by atoms with Crippen molar-refractivity contribution < 1.29 is 78.1 Å². The van der Waals surface area contributed by atoms with Crippen molar-refractivity contribution in [1.82, 2.24) is 9.80 Å². The van der Waals surface area contributed by atoms with E-state index in [1.807, 2.05) is 9.82 Å². The molecule has 0 spiro atoms. The first-order valence-corrected chi connectivity index (χ1v) is 12.9. The molecule has 25 heteroatoms. The molecule has 0 aromatic heterocycles. The first-order valence-electron chi connectivity index (χ1n) is 12.9. The number of imide groups is 2. The Labute approximate surface area is 275 Å². The Balaban J connectivity index is 0.000000277. The van der Waals surface area contributed by atoms with Crippen LogP contribution >= 0.6 is 0 Å². The Hall–Kier alpha value is -6.84. The number of hydrogen-bond donors (Lipinski definition) is 0. The number of azide groups is 2. The minimum atomic E-state index is -2.15. The Morgan fingerprint density at radius 3 is 1.24 bits per heavy atom. The fraction of sp³-hybridized carbons (Fsp3) is 0.154. The summed E-state index contributed by atoms with van der Waals surface area (Å²) < 4.78 is 123. The van der Waals surface area contributed by atoms with E-state index >= 15 is 0 Å². The highest BCUT2D eigenvalue weighted by molar-refractivity contribution is 6.13. The van der Waals surface area contributed by atoms with Crippen molar-refractivity contribution in [2.24, 2.45) is 10.2 Å². The first-order chi connectivity index (χ1) is 24.1. The molecule has 0 fully saturated rings. The predicted octanol–water partition coefficient (Wildman–Crippen LogP) is 4.46. The Bertz CT molecular complexity index is 1940. The van der Waals surface area contributed by atoms with Crippen LogP contribution in [0.2, 0.25) is 0 Å². The smallest absolute Gasteiger partial charge is 0.346 e. The van der Waals surface area contributed by atoms with E-state index in [4.69, 9.17) is 15.8 Å². The molecule has 0 aliphatic carbocycles. The van der Waals surface area contributed by atoms with Crippen molar-refractivity contribution in [3.8, 4) is 0 Å². The lowest BCUT2D eigenvalue weighted by Gasteiger charge is -2.14. The van der Waals surface area contributed by atoms with E-state index in [2.05, 4.69) is 19.7 Å². The number of carbonyl (C=O) groups is 6. The van der Waals surface area contributed by atoms with Crippen LogP contribution in [0.3, 0.4) is 0 Å². The van der Waals surface area contributed by atoms with Gasteiger partial charge in [-0.3, -0.25) is 24.1 Å². The molecule has 17 nitrogen and oxygen atoms in total. The second-order valence-corrected chi connectivity index (χ2v) is 8.95. The normalized spacial score (nSPS) is 13.2. The third kappa shape index (κ3) is 8.25. The van der Waals surface area contributed by atoms with Gasteiger partial charge in [0.2, 0.25) is 0 Å². The van der Waals surface area contributed by atoms with Crippen LogP contribution in [0.15, 0.2) is 34.5 Å². The summed E-state index contributed by atoms with van der Waals surface area (Å²) in [6, 6.07) is 0. The molecule has 51 heavy (non-hydrogen) atoms. The van der Waals surface area contributed by atoms with E-state index in [1.54, 1.807) is 0 Å². The molecule has 0 saturated heterocycles. The molecule has 0 N–H and O–H groups in total. The molecular weight excluding hydrogens is 720 g/mol. The zero-order chi connectivity index (χ0) is 38.2. The van der Waals surface area contributed by atoms with E-state index in [9.17, 15) is 63.9 Å². The molecule has 2 aromatic rings. The SMILES string of the molecule is [N-]=[N+]=Nc1c(F)c(F)c(C(=O)OCCOCN2C(=O)C=CC2=O)c(F)c1F.[N-]=[N+]=Nc1c(F)c(F)c(C(=O)OCN2C(=O)C=CC2=O)c(F)c1F. The summed E-state index contributed by atoms with van der Waals surface area (Å²) in [6.07, 6.45) is 3.73. The number of nitrogens with zero attached hydrogens (tertiary/aromatic N) is 8. The van der Waals surface area contributed by atoms with E-state index in [0.29, 0.717) is 4.90 Å². The highest BCUT2D eigenvalue weighted by atomic mass is 19.2. The highest BCUT2D eigenvalue weighted by Gasteiger charge is 2.32. The van der Waals surface area contributed by atoms with Crippen molar-refractivity contribution in [3.05, 3.63) is 103 Å². The summed E-state index contributed by atoms with van der Waals surface area (Å²) in [5, 5.41) is 4.93. The summed E-state index contributed by atoms with van der Waals surface area (Å²) in [5.74, 6) is -23.4. The second kappa shape index (κ2) is 16.5. The Morgan fingerprint density at radius 1 is 0.549 bits per heavy atom. The molecule has 2 aliphatic heterocycles. The van der Waals surface area contributed by atoms with Crippen LogP contribution in [0.5, 0.6) is 0 Å². The van der Waals surface area contributed by atoms with Gasteiger partial charge < -0.3 is 14.2 Å². The molecular formula is C26H12F8N8O9. The van der Waals surface area contributed by atoms with Crippen LogP contribution in [0.4, 0.5) is 46.5 Å². The molecule has 0 saturated carbocycles. The van der Waals surface area contributed by atoms with E-state index in [0.717, 1.165) is 29.2 Å². The average molecular weight is 732 g/mol. The lowest BCUT2D eigenvalue weighted by molar-refractivity contribution is -0.144. The molecule has 4 amide bonds. The molecule has 0 unspecified atom stereocenters. The standard InChI is InChI=1S/C14H8F4N4O5.C12H4F4N4O4/c15-9-8(10(16)12(18)13(11(9)17)20-21-19)14(25)27-4-3-26-5-22-6(23)1-2-7(22)24;13-7-6(8(14)10(16)11(9(7)15)18-19-17)12(23)24-3-20-4(21)1-2-5(20)22/h1-2H,3-5H2;1-2H,3H2. The number of ether oxygens (including phenoxy) is 3. The lowest BCUT2D eigenvalue weighted by atomic mass is 10.1. The summed E-state index contributed by atoms with van der Waals surface area (Å²) >= 11 is 0. The second-order valence-electron chi connectivity index (χ2n) is 8.95. The van der Waals surface area contributed by atoms with Crippen LogP contribution in [0.1, 0.15) is 20.7 Å². The van der Waals surface area contributed by atoms with Gasteiger partial charge in [0.15, 0.2) is 53.3 Å². The lowest BCUT2D eigenvalue weighted by Crippen LogP contribution is -2.33. The summed E-state index contributed by atoms with van der Waals surface area (Å²) in [6.45, 7) is -2.49. The van der Waals surface area contributed by atoms with Gasteiger partial charge in [-0.2, -0.15) is 0 Å². The highest BCUT2D eigenvalue weighted by Crippen LogP contribution is 2.32. The Kier molecular flexibility index (Phi) is 12.5. The quantitative estimate of drug-likeness (QED) is 0.0463. The van der Waals surface area contributed by atoms with Crippen molar-refractivity contribution in [2.45, 2.75) is 0 Å². The van der Waals surface area contributed by atoms with E-state index in [1.165, 1.54) is 0 Å². The van der Waals surface area contributed by atoms with Gasteiger partial charge in [-0.1, -0.05) is 10.2 Å². The molecule has 2 heterocycles. The largest absolute Gasteiger partial charge is 0.459 e. The van der Waals surface area contributed by atoms with Crippen molar-refractivity contribution in [3.63, 3.8) is 0 Å². The van der Waals surface area contributed by atoms with Gasteiger partial charge in [-0.15, -0.1) is 0 Å². The average Bonchev–Trinajstić information content (AvgIpc) is 3.59. The van der Waals surface area contributed by atoms with Crippen LogP contribution < -0.4 is 0 Å². The maximum Gasteiger partial charge on any atom is 0.346 e. The fourth-order valence-electron chi connectivity index (χ4n) is 3.60. The van der Waals surface area contributed by atoms with Crippen LogP contribution in [0.25, 0.3) is 20.9 Å². The third-order valence-corrected chi connectivity index (χ3v) is 5.99. The maximum absolute atomic E-state index is 13.8. The first kappa shape index (κ1) is 38.6. The summed E-state index contributed by atoms with van der Waals surface area (Å²) in [4.78, 5) is 73.3. The van der Waals surface area contributed by atoms with Gasteiger partial charge in [0.05, 0.1) is 6.61 Å². The van der Waals surface area contributed by atoms with Crippen LogP contribution in [0, 0.1) is 46.5 Å². The van der Waals surface area contributed by atoms with E-state index < -0.39 is 131 Å². The van der Waals surface area contributed by atoms with Crippen molar-refractivity contribution in [2.75, 3.05) is 26.7 Å². The van der Waals surface area contributed by atoms with Gasteiger partial charge in [0, 0.05) is 34.1 Å². The zero-order valence-electron chi connectivity index (χ0n) is 24.4. The number of amides is 4. The number of esters is 2. The summed E-state index contributed by atoms with van der Waals surface area (Å²) in [5.41, 5.74) is 9.66. The number of carbonyl (C=O) groups excluding carboxylic acids is 6. The number of rotatable bonds is 11. The van der Waals surface area contributed by atoms with Gasteiger partial charge in [0.25, 0.3) is 23.6 Å². The number of halogens is 8. The van der Waals surface area contributed by atoms with Crippen molar-refractivity contribution in [1.29, 1.82) is 0 Å². The molecule has 2 aromatic carbocycles. The van der Waals surface area contributed by atoms with Crippen molar-refractivity contribution >= 4 is 46.9 Å². The predicted molar refractivity (Wildman–Crippen MR) is 144 cm³/mol. The zero-order valence-corrected chi connectivity index (χ0v) is 24.4. The van der Waals surface area contributed by atoms with Crippen LogP contribution in [-0.2, 0) is 33.4 Å². The van der Waals surface area contributed by atoms with Gasteiger partial charge >= 0.3 is 11.9 Å². The molecule has 2 aliphatic rings. The third-order valence-electron chi connectivity index (χ3n) is 5.99. The van der Waals surface area contributed by atoms with E-state index in [-0.39, 0.29) is 0 Å². The topological polar surface area (TPSA) is 234 Å². The molecule has 0 radical (unpaired) electrons.